The van der Waals surface area contributed by atoms with E-state index in [2.05, 4.69) is 98.8 Å². The van der Waals surface area contributed by atoms with Crippen LogP contribution in [0.1, 0.15) is 78.0 Å². The van der Waals surface area contributed by atoms with Crippen LogP contribution < -0.4 is 14.5 Å². The second kappa shape index (κ2) is 11.4. The summed E-state index contributed by atoms with van der Waals surface area (Å²) in [6, 6.07) is 10.7. The zero-order valence-corrected chi connectivity index (χ0v) is 23.6. The fourth-order valence-corrected chi connectivity index (χ4v) is 10.4. The van der Waals surface area contributed by atoms with Crippen LogP contribution in [0.4, 0.5) is 11.4 Å². The molecule has 33 heavy (non-hydrogen) atoms. The molecule has 2 rings (SSSR count). The number of hydrogen-bond donors (Lipinski definition) is 1. The first kappa shape index (κ1) is 27.3. The molecule has 0 spiro atoms. The summed E-state index contributed by atoms with van der Waals surface area (Å²) in [4.78, 5) is 0. The maximum Gasteiger partial charge on any atom is 0.258 e. The summed E-state index contributed by atoms with van der Waals surface area (Å²) in [7, 11) is -0.349. The zero-order valence-electron chi connectivity index (χ0n) is 22.6. The third-order valence-electron chi connectivity index (χ3n) is 6.74. The van der Waals surface area contributed by atoms with Gasteiger partial charge in [-0.05, 0) is 83.4 Å². The molecule has 1 N–H and O–H groups in total. The summed E-state index contributed by atoms with van der Waals surface area (Å²) in [6.45, 7) is 22.9. The predicted molar refractivity (Wildman–Crippen MR) is 144 cm³/mol. The van der Waals surface area contributed by atoms with Crippen LogP contribution in [-0.2, 0) is 4.74 Å². The van der Waals surface area contributed by atoms with Crippen molar-refractivity contribution in [3.8, 4) is 11.5 Å². The lowest BCUT2D eigenvalue weighted by Gasteiger charge is -2.42. The van der Waals surface area contributed by atoms with Crippen LogP contribution in [0.3, 0.4) is 0 Å². The Morgan fingerprint density at radius 1 is 0.818 bits per heavy atom. The van der Waals surface area contributed by atoms with Gasteiger partial charge in [0.2, 0.25) is 0 Å². The van der Waals surface area contributed by atoms with E-state index in [0.29, 0.717) is 22.5 Å². The molecule has 2 aromatic rings. The first-order valence-corrected chi connectivity index (χ1v) is 14.4. The minimum Gasteiger partial charge on any atom is -0.543 e. The molecule has 0 aliphatic rings. The van der Waals surface area contributed by atoms with Crippen molar-refractivity contribution in [1.29, 1.82) is 0 Å². The van der Waals surface area contributed by atoms with E-state index < -0.39 is 8.32 Å². The third kappa shape index (κ3) is 6.13. The van der Waals surface area contributed by atoms with Gasteiger partial charge in [0.15, 0.2) is 6.79 Å². The number of nitrogens with one attached hydrogen (secondary N) is 1. The van der Waals surface area contributed by atoms with E-state index in [0.717, 1.165) is 28.4 Å². The summed E-state index contributed by atoms with van der Waals surface area (Å²) in [5.41, 5.74) is 7.36. The van der Waals surface area contributed by atoms with Crippen molar-refractivity contribution < 1.29 is 13.9 Å². The highest BCUT2D eigenvalue weighted by Gasteiger charge is 2.47. The van der Waals surface area contributed by atoms with Gasteiger partial charge in [0.05, 0.1) is 0 Å². The smallest absolute Gasteiger partial charge is 0.258 e. The van der Waals surface area contributed by atoms with Crippen molar-refractivity contribution in [3.63, 3.8) is 0 Å². The fourth-order valence-electron chi connectivity index (χ4n) is 5.21. The zero-order chi connectivity index (χ0) is 24.9. The van der Waals surface area contributed by atoms with Crippen molar-refractivity contribution in [2.45, 2.75) is 91.8 Å². The van der Waals surface area contributed by atoms with Gasteiger partial charge in [0.1, 0.15) is 11.5 Å². The molecule has 0 bridgehead atoms. The second-order valence-corrected chi connectivity index (χ2v) is 15.8. The third-order valence-corrected chi connectivity index (χ3v) is 12.7. The Morgan fingerprint density at radius 2 is 1.36 bits per heavy atom. The molecule has 0 saturated heterocycles. The quantitative estimate of drug-likeness (QED) is 0.263. The Morgan fingerprint density at radius 3 is 1.82 bits per heavy atom. The highest BCUT2D eigenvalue weighted by atomic mass is 28.4. The van der Waals surface area contributed by atoms with E-state index in [1.807, 2.05) is 6.07 Å². The number of hydrogen-bond acceptors (Lipinski definition) is 4. The van der Waals surface area contributed by atoms with Crippen molar-refractivity contribution in [1.82, 2.24) is 0 Å². The molecular formula is C28H45NO3Si. The number of aryl methyl sites for hydroxylation is 2. The maximum atomic E-state index is 6.94. The van der Waals surface area contributed by atoms with E-state index in [1.54, 1.807) is 7.11 Å². The molecule has 0 amide bonds. The summed E-state index contributed by atoms with van der Waals surface area (Å²) in [5.74, 6) is 2.22. The lowest BCUT2D eigenvalue weighted by Crippen LogP contribution is -2.50. The number of methoxy groups -OCH3 is 1. The maximum absolute atomic E-state index is 6.94. The molecule has 0 fully saturated rings. The van der Waals surface area contributed by atoms with Crippen LogP contribution in [0.15, 0.2) is 30.3 Å². The predicted octanol–water partition coefficient (Wildman–Crippen LogP) is 8.71. The molecule has 4 nitrogen and oxygen atoms in total. The molecule has 0 atom stereocenters. The largest absolute Gasteiger partial charge is 0.543 e. The number of ether oxygens (including phenoxy) is 2. The van der Waals surface area contributed by atoms with Gasteiger partial charge < -0.3 is 19.2 Å². The van der Waals surface area contributed by atoms with Gasteiger partial charge in [-0.15, -0.1) is 0 Å². The molecule has 0 heterocycles. The van der Waals surface area contributed by atoms with E-state index in [-0.39, 0.29) is 6.79 Å². The molecular weight excluding hydrogens is 426 g/mol. The van der Waals surface area contributed by atoms with Crippen LogP contribution in [0, 0.1) is 13.8 Å². The lowest BCUT2D eigenvalue weighted by atomic mass is 10.0. The highest BCUT2D eigenvalue weighted by Crippen LogP contribution is 2.43. The van der Waals surface area contributed by atoms with Crippen molar-refractivity contribution in [2.24, 2.45) is 0 Å². The van der Waals surface area contributed by atoms with Crippen LogP contribution in [0.25, 0.3) is 0 Å². The van der Waals surface area contributed by atoms with Gasteiger partial charge in [-0.2, -0.15) is 0 Å². The normalized spacial score (nSPS) is 12.2. The molecule has 0 unspecified atom stereocenters. The number of anilines is 2. The standard InChI is InChI=1S/C28H45NO3Si/c1-18(2)26-16-24(12-13-27(26)31-17-30-11)29-28-22(9)14-25(15-23(28)10)32-33(19(3)4,20(5)6)21(7)8/h12-16,18-21,29H,17H2,1-11H3. The van der Waals surface area contributed by atoms with Gasteiger partial charge in [-0.25, -0.2) is 0 Å². The van der Waals surface area contributed by atoms with Crippen molar-refractivity contribution >= 4 is 19.7 Å². The van der Waals surface area contributed by atoms with E-state index in [4.69, 9.17) is 13.9 Å². The van der Waals surface area contributed by atoms with Gasteiger partial charge in [-0.3, -0.25) is 0 Å². The molecule has 0 aromatic heterocycles. The molecule has 5 heteroatoms. The first-order valence-electron chi connectivity index (χ1n) is 12.3. The van der Waals surface area contributed by atoms with E-state index in [9.17, 15) is 0 Å². The molecule has 0 saturated carbocycles. The SMILES string of the molecule is COCOc1ccc(Nc2c(C)cc(O[Si](C(C)C)(C(C)C)C(C)C)cc2C)cc1C(C)C. The highest BCUT2D eigenvalue weighted by molar-refractivity contribution is 6.78. The van der Waals surface area contributed by atoms with Gasteiger partial charge >= 0.3 is 0 Å². The summed E-state index contributed by atoms with van der Waals surface area (Å²) in [5, 5.41) is 3.65. The van der Waals surface area contributed by atoms with Crippen molar-refractivity contribution in [3.05, 3.63) is 47.0 Å². The molecule has 184 valence electrons. The van der Waals surface area contributed by atoms with Crippen LogP contribution >= 0.6 is 0 Å². The summed E-state index contributed by atoms with van der Waals surface area (Å²) < 4.78 is 17.8. The average Bonchev–Trinajstić information content (AvgIpc) is 2.72. The van der Waals surface area contributed by atoms with Crippen LogP contribution in [0.5, 0.6) is 11.5 Å². The number of rotatable bonds is 11. The topological polar surface area (TPSA) is 39.7 Å². The lowest BCUT2D eigenvalue weighted by molar-refractivity contribution is 0.0503. The van der Waals surface area contributed by atoms with Crippen LogP contribution in [0.2, 0.25) is 16.6 Å². The Kier molecular flexibility index (Phi) is 9.45. The Hall–Kier alpha value is -1.98. The molecule has 0 aliphatic heterocycles. The summed E-state index contributed by atoms with van der Waals surface area (Å²) >= 11 is 0. The monoisotopic (exact) mass is 471 g/mol. The van der Waals surface area contributed by atoms with E-state index in [1.165, 1.54) is 11.1 Å². The van der Waals surface area contributed by atoms with Crippen molar-refractivity contribution in [2.75, 3.05) is 19.2 Å². The Balaban J connectivity index is 2.37. The Labute approximate surface area is 203 Å². The second-order valence-electron chi connectivity index (χ2n) is 10.4. The van der Waals surface area contributed by atoms with Gasteiger partial charge in [0.25, 0.3) is 8.32 Å². The van der Waals surface area contributed by atoms with Gasteiger partial charge in [0, 0.05) is 18.5 Å². The molecule has 0 aliphatic carbocycles. The van der Waals surface area contributed by atoms with E-state index >= 15 is 0 Å². The Bertz CT molecular complexity index is 877. The first-order chi connectivity index (χ1) is 15.4. The minimum atomic E-state index is -1.99. The van der Waals surface area contributed by atoms with Gasteiger partial charge in [-0.1, -0.05) is 55.4 Å². The molecule has 2 aromatic carbocycles. The number of benzene rings is 2. The molecule has 0 radical (unpaired) electrons. The minimum absolute atomic E-state index is 0.250. The fraction of sp³-hybridized carbons (Fsp3) is 0.571. The average molecular weight is 472 g/mol. The van der Waals surface area contributed by atoms with Crippen LogP contribution in [-0.4, -0.2) is 22.2 Å². The summed E-state index contributed by atoms with van der Waals surface area (Å²) in [6.07, 6.45) is 0.